The molecule has 0 unspecified atom stereocenters. The zero-order chi connectivity index (χ0) is 16.7. The Morgan fingerprint density at radius 2 is 2.04 bits per heavy atom. The zero-order valence-corrected chi connectivity index (χ0v) is 13.1. The molecule has 0 saturated heterocycles. The van der Waals surface area contributed by atoms with E-state index in [-0.39, 0.29) is 23.4 Å². The summed E-state index contributed by atoms with van der Waals surface area (Å²) in [7, 11) is 1.37. The van der Waals surface area contributed by atoms with E-state index in [4.69, 9.17) is 4.74 Å². The molecule has 0 aromatic heterocycles. The van der Waals surface area contributed by atoms with Gasteiger partial charge >= 0.3 is 6.61 Å². The summed E-state index contributed by atoms with van der Waals surface area (Å²) in [5, 5.41) is 2.93. The van der Waals surface area contributed by atoms with Crippen LogP contribution in [0.15, 0.2) is 24.3 Å². The molecule has 1 N–H and O–H groups in total. The van der Waals surface area contributed by atoms with Crippen LogP contribution in [-0.2, 0) is 4.79 Å². The normalized spacial score (nSPS) is 15.8. The molecule has 1 fully saturated rings. The Morgan fingerprint density at radius 1 is 1.30 bits per heavy atom. The highest BCUT2D eigenvalue weighted by Crippen LogP contribution is 2.33. The number of carbonyl (C=O) groups is 1. The fourth-order valence-electron chi connectivity index (χ4n) is 2.70. The largest absolute Gasteiger partial charge is 0.493 e. The minimum Gasteiger partial charge on any atom is -0.493 e. The van der Waals surface area contributed by atoms with Gasteiger partial charge in [-0.05, 0) is 25.0 Å². The summed E-state index contributed by atoms with van der Waals surface area (Å²) in [5.74, 6) is -0.116. The SMILES string of the molecule is COc1cccc(/C=C/C(=O)NC2CCCCC2)c1OC(F)F. The highest BCUT2D eigenvalue weighted by atomic mass is 19.3. The monoisotopic (exact) mass is 325 g/mol. The summed E-state index contributed by atoms with van der Waals surface area (Å²) < 4.78 is 34.6. The van der Waals surface area contributed by atoms with E-state index < -0.39 is 6.61 Å². The standard InChI is InChI=1S/C17H21F2NO3/c1-22-14-9-5-6-12(16(14)23-17(18)19)10-11-15(21)20-13-7-3-2-4-8-13/h5-6,9-11,13,17H,2-4,7-8H2,1H3,(H,20,21)/b11-10+. The third-order valence-corrected chi connectivity index (χ3v) is 3.80. The van der Waals surface area contributed by atoms with E-state index in [2.05, 4.69) is 10.1 Å². The van der Waals surface area contributed by atoms with Gasteiger partial charge in [0.2, 0.25) is 5.91 Å². The summed E-state index contributed by atoms with van der Waals surface area (Å²) in [4.78, 5) is 12.0. The molecule has 0 atom stereocenters. The van der Waals surface area contributed by atoms with Crippen molar-refractivity contribution in [2.45, 2.75) is 44.8 Å². The number of benzene rings is 1. The van der Waals surface area contributed by atoms with E-state index >= 15 is 0 Å². The number of ether oxygens (including phenoxy) is 2. The highest BCUT2D eigenvalue weighted by Gasteiger charge is 2.16. The Labute approximate surface area is 134 Å². The first-order valence-electron chi connectivity index (χ1n) is 7.70. The van der Waals surface area contributed by atoms with Crippen molar-refractivity contribution < 1.29 is 23.0 Å². The van der Waals surface area contributed by atoms with Gasteiger partial charge in [0.25, 0.3) is 0 Å². The number of methoxy groups -OCH3 is 1. The number of carbonyl (C=O) groups excluding carboxylic acids is 1. The third kappa shape index (κ3) is 5.23. The fraction of sp³-hybridized carbons (Fsp3) is 0.471. The Balaban J connectivity index is 2.06. The Bertz CT molecular complexity index is 555. The lowest BCUT2D eigenvalue weighted by Gasteiger charge is -2.21. The van der Waals surface area contributed by atoms with Gasteiger partial charge in [0.1, 0.15) is 0 Å². The van der Waals surface area contributed by atoms with E-state index in [9.17, 15) is 13.6 Å². The second kappa shape index (κ2) is 8.50. The molecule has 23 heavy (non-hydrogen) atoms. The van der Waals surface area contributed by atoms with Crippen LogP contribution in [0.4, 0.5) is 8.78 Å². The quantitative estimate of drug-likeness (QED) is 0.810. The molecule has 1 aliphatic carbocycles. The lowest BCUT2D eigenvalue weighted by Crippen LogP contribution is -2.34. The minimum atomic E-state index is -2.96. The molecule has 0 heterocycles. The van der Waals surface area contributed by atoms with Gasteiger partial charge in [-0.2, -0.15) is 8.78 Å². The molecule has 0 aliphatic heterocycles. The van der Waals surface area contributed by atoms with Gasteiger partial charge in [0.15, 0.2) is 11.5 Å². The molecule has 1 aliphatic rings. The van der Waals surface area contributed by atoms with Gasteiger partial charge < -0.3 is 14.8 Å². The molecular formula is C17H21F2NO3. The molecule has 0 radical (unpaired) electrons. The van der Waals surface area contributed by atoms with Crippen molar-refractivity contribution >= 4 is 12.0 Å². The second-order valence-electron chi connectivity index (χ2n) is 5.43. The van der Waals surface area contributed by atoms with Crippen LogP contribution >= 0.6 is 0 Å². The van der Waals surface area contributed by atoms with Crippen LogP contribution in [0.25, 0.3) is 6.08 Å². The average molecular weight is 325 g/mol. The second-order valence-corrected chi connectivity index (χ2v) is 5.43. The van der Waals surface area contributed by atoms with Crippen molar-refractivity contribution in [1.29, 1.82) is 0 Å². The number of para-hydroxylation sites is 1. The summed E-state index contributed by atoms with van der Waals surface area (Å²) >= 11 is 0. The molecular weight excluding hydrogens is 304 g/mol. The molecule has 4 nitrogen and oxygen atoms in total. The zero-order valence-electron chi connectivity index (χ0n) is 13.1. The molecule has 2 rings (SSSR count). The Hall–Kier alpha value is -2.11. The molecule has 126 valence electrons. The van der Waals surface area contributed by atoms with Crippen LogP contribution in [0.3, 0.4) is 0 Å². The molecule has 0 bridgehead atoms. The summed E-state index contributed by atoms with van der Waals surface area (Å²) in [6, 6.07) is 4.96. The number of hydrogen-bond donors (Lipinski definition) is 1. The van der Waals surface area contributed by atoms with Crippen molar-refractivity contribution in [3.05, 3.63) is 29.8 Å². The van der Waals surface area contributed by atoms with Gasteiger partial charge in [-0.15, -0.1) is 0 Å². The van der Waals surface area contributed by atoms with E-state index in [0.29, 0.717) is 5.56 Å². The predicted octanol–water partition coefficient (Wildman–Crippen LogP) is 3.76. The molecule has 1 amide bonds. The maximum Gasteiger partial charge on any atom is 0.387 e. The lowest BCUT2D eigenvalue weighted by atomic mass is 9.95. The van der Waals surface area contributed by atoms with Crippen LogP contribution in [0, 0.1) is 0 Å². The maximum atomic E-state index is 12.5. The fourth-order valence-corrected chi connectivity index (χ4v) is 2.70. The number of nitrogens with one attached hydrogen (secondary N) is 1. The van der Waals surface area contributed by atoms with E-state index in [1.165, 1.54) is 31.7 Å². The Morgan fingerprint density at radius 3 is 2.70 bits per heavy atom. The Kier molecular flexibility index (Phi) is 6.38. The number of amides is 1. The number of rotatable bonds is 6. The number of alkyl halides is 2. The van der Waals surface area contributed by atoms with Gasteiger partial charge in [-0.1, -0.05) is 31.4 Å². The first-order chi connectivity index (χ1) is 11.1. The topological polar surface area (TPSA) is 47.6 Å². The highest BCUT2D eigenvalue weighted by molar-refractivity contribution is 5.92. The third-order valence-electron chi connectivity index (χ3n) is 3.80. The van der Waals surface area contributed by atoms with Gasteiger partial charge in [0, 0.05) is 17.7 Å². The van der Waals surface area contributed by atoms with Gasteiger partial charge in [-0.25, -0.2) is 0 Å². The van der Waals surface area contributed by atoms with Gasteiger partial charge in [0.05, 0.1) is 7.11 Å². The van der Waals surface area contributed by atoms with Crippen molar-refractivity contribution in [1.82, 2.24) is 5.32 Å². The molecule has 1 saturated carbocycles. The van der Waals surface area contributed by atoms with Crippen LogP contribution in [0.5, 0.6) is 11.5 Å². The predicted molar refractivity (Wildman–Crippen MR) is 83.7 cm³/mol. The molecule has 0 spiro atoms. The molecule has 6 heteroatoms. The van der Waals surface area contributed by atoms with Crippen LogP contribution in [-0.4, -0.2) is 25.7 Å². The maximum absolute atomic E-state index is 12.5. The first-order valence-corrected chi connectivity index (χ1v) is 7.70. The van der Waals surface area contributed by atoms with Crippen LogP contribution in [0.1, 0.15) is 37.7 Å². The number of hydrogen-bond acceptors (Lipinski definition) is 3. The average Bonchev–Trinajstić information content (AvgIpc) is 2.54. The van der Waals surface area contributed by atoms with Crippen LogP contribution < -0.4 is 14.8 Å². The lowest BCUT2D eigenvalue weighted by molar-refractivity contribution is -0.117. The minimum absolute atomic E-state index is 0.0771. The summed E-state index contributed by atoms with van der Waals surface area (Å²) in [5.41, 5.74) is 0.364. The van der Waals surface area contributed by atoms with Crippen molar-refractivity contribution in [3.8, 4) is 11.5 Å². The first kappa shape index (κ1) is 17.2. The summed E-state index contributed by atoms with van der Waals surface area (Å²) in [6.45, 7) is -2.96. The van der Waals surface area contributed by atoms with Crippen molar-refractivity contribution in [2.24, 2.45) is 0 Å². The van der Waals surface area contributed by atoms with Gasteiger partial charge in [-0.3, -0.25) is 4.79 Å². The number of halogens is 2. The van der Waals surface area contributed by atoms with Crippen molar-refractivity contribution in [3.63, 3.8) is 0 Å². The van der Waals surface area contributed by atoms with E-state index in [0.717, 1.165) is 25.7 Å². The smallest absolute Gasteiger partial charge is 0.387 e. The van der Waals surface area contributed by atoms with E-state index in [1.54, 1.807) is 12.1 Å². The van der Waals surface area contributed by atoms with Crippen molar-refractivity contribution in [2.75, 3.05) is 7.11 Å². The summed E-state index contributed by atoms with van der Waals surface area (Å²) in [6.07, 6.45) is 8.21. The van der Waals surface area contributed by atoms with E-state index in [1.807, 2.05) is 0 Å². The molecule has 1 aromatic rings. The molecule has 1 aromatic carbocycles. The van der Waals surface area contributed by atoms with Crippen LogP contribution in [0.2, 0.25) is 0 Å².